The number of aliphatic hydroxyl groups is 1. The van der Waals surface area contributed by atoms with Gasteiger partial charge in [0.15, 0.2) is 0 Å². The lowest BCUT2D eigenvalue weighted by Gasteiger charge is -2.32. The fourth-order valence-corrected chi connectivity index (χ4v) is 3.30. The molecule has 0 radical (unpaired) electrons. The quantitative estimate of drug-likeness (QED) is 0.881. The second kappa shape index (κ2) is 6.22. The molecule has 2 unspecified atom stereocenters. The highest BCUT2D eigenvalue weighted by Crippen LogP contribution is 2.31. The summed E-state index contributed by atoms with van der Waals surface area (Å²) in [6.45, 7) is 7.37. The monoisotopic (exact) mass is 292 g/mol. The summed E-state index contributed by atoms with van der Waals surface area (Å²) in [5, 5.41) is 19.6. The van der Waals surface area contributed by atoms with E-state index < -0.39 is 6.10 Å². The van der Waals surface area contributed by atoms with Gasteiger partial charge in [0.25, 0.3) is 0 Å². The lowest BCUT2D eigenvalue weighted by atomic mass is 10.1. The van der Waals surface area contributed by atoms with Crippen LogP contribution in [0.3, 0.4) is 0 Å². The smallest absolute Gasteiger partial charge is 0.123 e. The Morgan fingerprint density at radius 2 is 2.00 bits per heavy atom. The topological polar surface area (TPSA) is 56.2 Å². The molecule has 0 bridgehead atoms. The molecule has 0 amide bonds. The van der Waals surface area contributed by atoms with Gasteiger partial charge in [0.05, 0.1) is 19.3 Å². The van der Waals surface area contributed by atoms with Crippen LogP contribution in [0.15, 0.2) is 18.2 Å². The first kappa shape index (κ1) is 14.6. The molecule has 5 heteroatoms. The van der Waals surface area contributed by atoms with Crippen LogP contribution >= 0.6 is 0 Å². The van der Waals surface area contributed by atoms with Crippen LogP contribution in [-0.4, -0.2) is 60.5 Å². The number of hydrogen-bond acceptors (Lipinski definition) is 5. The maximum absolute atomic E-state index is 10.0. The average Bonchev–Trinajstić information content (AvgIpc) is 2.97. The van der Waals surface area contributed by atoms with E-state index in [2.05, 4.69) is 9.80 Å². The first-order valence-corrected chi connectivity index (χ1v) is 7.73. The summed E-state index contributed by atoms with van der Waals surface area (Å²) in [6.07, 6.45) is 0.512. The predicted molar refractivity (Wildman–Crippen MR) is 81.8 cm³/mol. The molecule has 5 nitrogen and oxygen atoms in total. The molecule has 1 aromatic rings. The number of phenols is 1. The molecule has 0 aliphatic carbocycles. The van der Waals surface area contributed by atoms with Crippen LogP contribution in [0.25, 0.3) is 0 Å². The minimum atomic E-state index is -0.640. The maximum atomic E-state index is 10.0. The molecule has 0 aromatic heterocycles. The van der Waals surface area contributed by atoms with E-state index in [1.807, 2.05) is 12.1 Å². The van der Waals surface area contributed by atoms with Crippen molar-refractivity contribution in [1.82, 2.24) is 4.90 Å². The van der Waals surface area contributed by atoms with E-state index in [0.29, 0.717) is 11.6 Å². The second-order valence-electron chi connectivity index (χ2n) is 5.96. The van der Waals surface area contributed by atoms with E-state index in [-0.39, 0.29) is 5.75 Å². The van der Waals surface area contributed by atoms with E-state index in [1.54, 1.807) is 13.0 Å². The molecule has 116 valence electrons. The third-order valence-corrected chi connectivity index (χ3v) is 4.55. The van der Waals surface area contributed by atoms with Crippen LogP contribution in [0, 0.1) is 0 Å². The number of rotatable bonds is 3. The standard InChI is InChI=1S/C16H24N2O3/c1-12(19)15-3-2-13(10-16(15)20)18-5-4-14(11-18)17-6-8-21-9-7-17/h2-3,10,12,14,19-20H,4-9,11H2,1H3. The van der Waals surface area contributed by atoms with Crippen LogP contribution in [0.1, 0.15) is 25.0 Å². The molecule has 2 fully saturated rings. The molecule has 2 aliphatic heterocycles. The van der Waals surface area contributed by atoms with Crippen molar-refractivity contribution in [1.29, 1.82) is 0 Å². The average molecular weight is 292 g/mol. The van der Waals surface area contributed by atoms with Gasteiger partial charge in [0, 0.05) is 49.5 Å². The van der Waals surface area contributed by atoms with Crippen molar-refractivity contribution in [3.8, 4) is 5.75 Å². The van der Waals surface area contributed by atoms with E-state index in [1.165, 1.54) is 0 Å². The van der Waals surface area contributed by atoms with E-state index in [0.717, 1.165) is 51.5 Å². The number of hydrogen-bond donors (Lipinski definition) is 2. The second-order valence-corrected chi connectivity index (χ2v) is 5.96. The van der Waals surface area contributed by atoms with Gasteiger partial charge >= 0.3 is 0 Å². The van der Waals surface area contributed by atoms with Gasteiger partial charge in [-0.1, -0.05) is 6.07 Å². The summed E-state index contributed by atoms with van der Waals surface area (Å²) in [5.74, 6) is 0.178. The van der Waals surface area contributed by atoms with Gasteiger partial charge in [0.2, 0.25) is 0 Å². The Bertz CT molecular complexity index is 486. The third kappa shape index (κ3) is 3.15. The van der Waals surface area contributed by atoms with E-state index >= 15 is 0 Å². The molecule has 2 heterocycles. The zero-order valence-electron chi connectivity index (χ0n) is 12.5. The molecule has 0 saturated carbocycles. The normalized spacial score (nSPS) is 25.2. The van der Waals surface area contributed by atoms with Crippen LogP contribution in [-0.2, 0) is 4.74 Å². The number of nitrogens with zero attached hydrogens (tertiary/aromatic N) is 2. The van der Waals surface area contributed by atoms with Crippen molar-refractivity contribution >= 4 is 5.69 Å². The molecular formula is C16H24N2O3. The highest BCUT2D eigenvalue weighted by Gasteiger charge is 2.29. The first-order valence-electron chi connectivity index (χ1n) is 7.73. The molecule has 21 heavy (non-hydrogen) atoms. The SMILES string of the molecule is CC(O)c1ccc(N2CCC(N3CCOCC3)C2)cc1O. The van der Waals surface area contributed by atoms with Crippen LogP contribution in [0.4, 0.5) is 5.69 Å². The van der Waals surface area contributed by atoms with Crippen molar-refractivity contribution in [3.63, 3.8) is 0 Å². The van der Waals surface area contributed by atoms with Gasteiger partial charge in [-0.25, -0.2) is 0 Å². The van der Waals surface area contributed by atoms with Gasteiger partial charge in [-0.2, -0.15) is 0 Å². The van der Waals surface area contributed by atoms with Crippen LogP contribution < -0.4 is 4.90 Å². The summed E-state index contributed by atoms with van der Waals surface area (Å²) in [6, 6.07) is 6.15. The number of aliphatic hydroxyl groups excluding tert-OH is 1. The van der Waals surface area contributed by atoms with Gasteiger partial charge in [0.1, 0.15) is 5.75 Å². The Hall–Kier alpha value is -1.30. The Morgan fingerprint density at radius 1 is 1.24 bits per heavy atom. The summed E-state index contributed by atoms with van der Waals surface area (Å²) < 4.78 is 5.41. The fraction of sp³-hybridized carbons (Fsp3) is 0.625. The zero-order valence-corrected chi connectivity index (χ0v) is 12.5. The van der Waals surface area contributed by atoms with Crippen molar-refractivity contribution in [2.45, 2.75) is 25.5 Å². The Labute approximate surface area is 125 Å². The van der Waals surface area contributed by atoms with Crippen molar-refractivity contribution < 1.29 is 14.9 Å². The lowest BCUT2D eigenvalue weighted by molar-refractivity contribution is 0.0209. The Kier molecular flexibility index (Phi) is 4.33. The van der Waals surface area contributed by atoms with Gasteiger partial charge in [-0.15, -0.1) is 0 Å². The lowest BCUT2D eigenvalue weighted by Crippen LogP contribution is -2.44. The molecule has 3 rings (SSSR count). The summed E-state index contributed by atoms with van der Waals surface area (Å²) in [5.41, 5.74) is 1.62. The maximum Gasteiger partial charge on any atom is 0.123 e. The summed E-state index contributed by atoms with van der Waals surface area (Å²) >= 11 is 0. The summed E-state index contributed by atoms with van der Waals surface area (Å²) in [4.78, 5) is 4.82. The third-order valence-electron chi connectivity index (χ3n) is 4.55. The highest BCUT2D eigenvalue weighted by molar-refractivity contribution is 5.54. The number of aromatic hydroxyl groups is 1. The first-order chi connectivity index (χ1) is 10.1. The molecule has 2 saturated heterocycles. The van der Waals surface area contributed by atoms with Crippen molar-refractivity contribution in [3.05, 3.63) is 23.8 Å². The highest BCUT2D eigenvalue weighted by atomic mass is 16.5. The molecular weight excluding hydrogens is 268 g/mol. The molecule has 1 aromatic carbocycles. The van der Waals surface area contributed by atoms with Crippen molar-refractivity contribution in [2.75, 3.05) is 44.3 Å². The number of morpholine rings is 1. The molecule has 2 N–H and O–H groups in total. The number of ether oxygens (including phenoxy) is 1. The van der Waals surface area contributed by atoms with Gasteiger partial charge in [-0.05, 0) is 19.4 Å². The van der Waals surface area contributed by atoms with E-state index in [4.69, 9.17) is 4.74 Å². The number of benzene rings is 1. The Morgan fingerprint density at radius 3 is 2.67 bits per heavy atom. The molecule has 2 atom stereocenters. The van der Waals surface area contributed by atoms with Crippen molar-refractivity contribution in [2.24, 2.45) is 0 Å². The van der Waals surface area contributed by atoms with E-state index in [9.17, 15) is 10.2 Å². The van der Waals surface area contributed by atoms with Gasteiger partial charge in [-0.3, -0.25) is 4.90 Å². The Balaban J connectivity index is 1.67. The van der Waals surface area contributed by atoms with Gasteiger partial charge < -0.3 is 19.8 Å². The number of phenolic OH excluding ortho intramolecular Hbond substituents is 1. The zero-order chi connectivity index (χ0) is 14.8. The molecule has 2 aliphatic rings. The fourth-order valence-electron chi connectivity index (χ4n) is 3.30. The minimum absolute atomic E-state index is 0.178. The largest absolute Gasteiger partial charge is 0.507 e. The minimum Gasteiger partial charge on any atom is -0.507 e. The molecule has 0 spiro atoms. The van der Waals surface area contributed by atoms with Crippen LogP contribution in [0.5, 0.6) is 5.75 Å². The predicted octanol–water partition coefficient (Wildman–Crippen LogP) is 1.36. The number of anilines is 1. The summed E-state index contributed by atoms with van der Waals surface area (Å²) in [7, 11) is 0. The van der Waals surface area contributed by atoms with Crippen LogP contribution in [0.2, 0.25) is 0 Å².